The highest BCUT2D eigenvalue weighted by Crippen LogP contribution is 2.39. The Morgan fingerprint density at radius 1 is 1.03 bits per heavy atom. The summed E-state index contributed by atoms with van der Waals surface area (Å²) >= 11 is 1.35. The van der Waals surface area contributed by atoms with Crippen LogP contribution in [0.1, 0.15) is 53.4 Å². The molecule has 0 bridgehead atoms. The number of anilines is 1. The summed E-state index contributed by atoms with van der Waals surface area (Å²) in [6.45, 7) is 0.127. The molecule has 0 unspecified atom stereocenters. The first-order valence-corrected chi connectivity index (χ1v) is 12.7. The Hall–Kier alpha value is -3.52. The number of rotatable bonds is 7. The number of amides is 2. The lowest BCUT2D eigenvalue weighted by molar-refractivity contribution is -0.123. The third-order valence-electron chi connectivity index (χ3n) is 6.47. The van der Waals surface area contributed by atoms with E-state index in [4.69, 9.17) is 14.2 Å². The van der Waals surface area contributed by atoms with Crippen LogP contribution in [0.5, 0.6) is 17.2 Å². The average molecular weight is 493 g/mol. The van der Waals surface area contributed by atoms with Crippen LogP contribution < -0.4 is 24.4 Å². The molecule has 7 nitrogen and oxygen atoms in total. The van der Waals surface area contributed by atoms with Gasteiger partial charge in [-0.3, -0.25) is 14.5 Å². The zero-order valence-corrected chi connectivity index (χ0v) is 20.4. The fourth-order valence-electron chi connectivity index (χ4n) is 4.67. The van der Waals surface area contributed by atoms with Gasteiger partial charge in [-0.2, -0.15) is 0 Å². The third kappa shape index (κ3) is 4.98. The predicted octanol–water partition coefficient (Wildman–Crippen LogP) is 5.32. The molecular formula is C27H28N2O5S. The fourth-order valence-corrected chi connectivity index (χ4v) is 5.33. The second-order valence-electron chi connectivity index (χ2n) is 8.71. The number of carbonyl (C=O) groups excluding carboxylic acids is 2. The lowest BCUT2D eigenvalue weighted by Gasteiger charge is -2.33. The lowest BCUT2D eigenvalue weighted by atomic mass is 9.94. The van der Waals surface area contributed by atoms with Crippen LogP contribution in [-0.4, -0.2) is 31.8 Å². The predicted molar refractivity (Wildman–Crippen MR) is 134 cm³/mol. The number of nitrogens with zero attached hydrogens (tertiary/aromatic N) is 1. The van der Waals surface area contributed by atoms with Crippen LogP contribution >= 0.6 is 11.3 Å². The standard InChI is InChI=1S/C27H28N2O5S/c1-32-21-12-9-18(10-13-21)25(26(30)28-19-6-3-2-4-7-19)29(27(31)24-8-5-15-35-24)20-11-14-22-23(16-20)34-17-33-22/h5,8-16,19,25H,2-4,6-7,17H2,1H3,(H,28,30)/t25-/m1/s1. The van der Waals surface area contributed by atoms with Crippen molar-refractivity contribution < 1.29 is 23.8 Å². The van der Waals surface area contributed by atoms with E-state index >= 15 is 0 Å². The maximum atomic E-state index is 13.9. The number of benzene rings is 2. The fraction of sp³-hybridized carbons (Fsp3) is 0.333. The van der Waals surface area contributed by atoms with Gasteiger partial charge in [0, 0.05) is 17.8 Å². The number of hydrogen-bond donors (Lipinski definition) is 1. The monoisotopic (exact) mass is 492 g/mol. The van der Waals surface area contributed by atoms with Crippen LogP contribution in [0.4, 0.5) is 5.69 Å². The molecule has 1 N–H and O–H groups in total. The molecule has 2 aromatic carbocycles. The highest BCUT2D eigenvalue weighted by molar-refractivity contribution is 7.12. The smallest absolute Gasteiger partial charge is 0.269 e. The van der Waals surface area contributed by atoms with Crippen LogP contribution in [-0.2, 0) is 4.79 Å². The molecule has 0 spiro atoms. The molecule has 1 saturated carbocycles. The van der Waals surface area contributed by atoms with E-state index in [1.807, 2.05) is 35.7 Å². The van der Waals surface area contributed by atoms with Crippen LogP contribution in [0.2, 0.25) is 0 Å². The molecule has 2 aliphatic rings. The molecule has 2 heterocycles. The molecule has 0 saturated heterocycles. The quantitative estimate of drug-likeness (QED) is 0.483. The van der Waals surface area contributed by atoms with Crippen LogP contribution in [0.3, 0.4) is 0 Å². The van der Waals surface area contributed by atoms with Crippen molar-refractivity contribution in [2.75, 3.05) is 18.8 Å². The molecule has 35 heavy (non-hydrogen) atoms. The third-order valence-corrected chi connectivity index (χ3v) is 7.33. The number of nitrogens with one attached hydrogen (secondary N) is 1. The van der Waals surface area contributed by atoms with Gasteiger partial charge in [-0.05, 0) is 54.1 Å². The number of hydrogen-bond acceptors (Lipinski definition) is 6. The Labute approximate surface area is 208 Å². The van der Waals surface area contributed by atoms with Crippen molar-refractivity contribution in [2.24, 2.45) is 0 Å². The molecule has 1 fully saturated rings. The summed E-state index contributed by atoms with van der Waals surface area (Å²) in [7, 11) is 1.60. The Morgan fingerprint density at radius 2 is 1.80 bits per heavy atom. The van der Waals surface area contributed by atoms with Crippen LogP contribution in [0.25, 0.3) is 0 Å². The van der Waals surface area contributed by atoms with Gasteiger partial charge in [-0.25, -0.2) is 0 Å². The van der Waals surface area contributed by atoms with Gasteiger partial charge in [-0.15, -0.1) is 11.3 Å². The molecule has 3 aromatic rings. The molecule has 8 heteroatoms. The zero-order valence-electron chi connectivity index (χ0n) is 19.6. The Bertz CT molecular complexity index is 1170. The number of thiophene rings is 1. The van der Waals surface area contributed by atoms with Gasteiger partial charge in [0.1, 0.15) is 11.8 Å². The van der Waals surface area contributed by atoms with Gasteiger partial charge in [0.15, 0.2) is 11.5 Å². The topological polar surface area (TPSA) is 77.1 Å². The molecule has 1 aliphatic carbocycles. The minimum absolute atomic E-state index is 0.104. The summed E-state index contributed by atoms with van der Waals surface area (Å²) < 4.78 is 16.4. The first-order chi connectivity index (χ1) is 17.1. The normalized spacial score (nSPS) is 15.9. The zero-order chi connectivity index (χ0) is 24.2. The van der Waals surface area contributed by atoms with Crippen molar-refractivity contribution >= 4 is 28.8 Å². The summed E-state index contributed by atoms with van der Waals surface area (Å²) in [5.74, 6) is 1.39. The van der Waals surface area contributed by atoms with Gasteiger partial charge in [0.2, 0.25) is 12.7 Å². The van der Waals surface area contributed by atoms with E-state index in [9.17, 15) is 9.59 Å². The van der Waals surface area contributed by atoms with Crippen molar-refractivity contribution in [1.82, 2.24) is 5.32 Å². The summed E-state index contributed by atoms with van der Waals surface area (Å²) in [5.41, 5.74) is 1.26. The second kappa shape index (κ2) is 10.4. The molecule has 2 amide bonds. The highest BCUT2D eigenvalue weighted by atomic mass is 32.1. The number of carbonyl (C=O) groups is 2. The van der Waals surface area contributed by atoms with Gasteiger partial charge < -0.3 is 19.5 Å². The molecule has 5 rings (SSSR count). The van der Waals surface area contributed by atoms with E-state index in [1.165, 1.54) is 17.8 Å². The van der Waals surface area contributed by atoms with Gasteiger partial charge in [0.05, 0.1) is 12.0 Å². The number of methoxy groups -OCH3 is 1. The molecule has 1 atom stereocenters. The van der Waals surface area contributed by atoms with Gasteiger partial charge in [0.25, 0.3) is 5.91 Å². The number of ether oxygens (including phenoxy) is 3. The van der Waals surface area contributed by atoms with E-state index in [0.717, 1.165) is 25.7 Å². The first kappa shape index (κ1) is 23.2. The van der Waals surface area contributed by atoms with Crippen molar-refractivity contribution in [2.45, 2.75) is 44.2 Å². The van der Waals surface area contributed by atoms with E-state index < -0.39 is 6.04 Å². The molecule has 1 aromatic heterocycles. The van der Waals surface area contributed by atoms with Crippen molar-refractivity contribution in [3.8, 4) is 17.2 Å². The van der Waals surface area contributed by atoms with Crippen molar-refractivity contribution in [3.05, 3.63) is 70.4 Å². The maximum absolute atomic E-state index is 13.9. The summed E-state index contributed by atoms with van der Waals surface area (Å²) in [6.07, 6.45) is 5.28. The average Bonchev–Trinajstić information content (AvgIpc) is 3.59. The van der Waals surface area contributed by atoms with E-state index in [-0.39, 0.29) is 24.6 Å². The molecular weight excluding hydrogens is 464 g/mol. The number of fused-ring (bicyclic) bond motifs is 1. The van der Waals surface area contributed by atoms with E-state index in [0.29, 0.717) is 33.4 Å². The Morgan fingerprint density at radius 3 is 2.51 bits per heavy atom. The highest BCUT2D eigenvalue weighted by Gasteiger charge is 2.35. The SMILES string of the molecule is COc1ccc([C@H](C(=O)NC2CCCCC2)N(C(=O)c2cccs2)c2ccc3c(c2)OCO3)cc1. The molecule has 1 aliphatic heterocycles. The molecule has 182 valence electrons. The minimum atomic E-state index is -0.877. The second-order valence-corrected chi connectivity index (χ2v) is 9.66. The maximum Gasteiger partial charge on any atom is 0.269 e. The summed E-state index contributed by atoms with van der Waals surface area (Å²) in [5, 5.41) is 5.09. The van der Waals surface area contributed by atoms with Crippen molar-refractivity contribution in [3.63, 3.8) is 0 Å². The van der Waals surface area contributed by atoms with Crippen LogP contribution in [0.15, 0.2) is 60.0 Å². The lowest BCUT2D eigenvalue weighted by Crippen LogP contribution is -2.47. The van der Waals surface area contributed by atoms with E-state index in [2.05, 4.69) is 5.32 Å². The largest absolute Gasteiger partial charge is 0.497 e. The first-order valence-electron chi connectivity index (χ1n) is 11.8. The summed E-state index contributed by atoms with van der Waals surface area (Å²) in [6, 6.07) is 15.5. The van der Waals surface area contributed by atoms with Gasteiger partial charge in [-0.1, -0.05) is 37.5 Å². The Kier molecular flexibility index (Phi) is 6.90. The molecule has 0 radical (unpaired) electrons. The minimum Gasteiger partial charge on any atom is -0.497 e. The Balaban J connectivity index is 1.58. The van der Waals surface area contributed by atoms with Crippen LogP contribution in [0, 0.1) is 0 Å². The van der Waals surface area contributed by atoms with Crippen molar-refractivity contribution in [1.29, 1.82) is 0 Å². The summed E-state index contributed by atoms with van der Waals surface area (Å²) in [4.78, 5) is 29.9. The van der Waals surface area contributed by atoms with Gasteiger partial charge >= 0.3 is 0 Å². The van der Waals surface area contributed by atoms with E-state index in [1.54, 1.807) is 36.3 Å².